The summed E-state index contributed by atoms with van der Waals surface area (Å²) in [4.78, 5) is 0. The summed E-state index contributed by atoms with van der Waals surface area (Å²) in [5, 5.41) is 0.764. The third-order valence-corrected chi connectivity index (χ3v) is 2.88. The number of hydrogen-bond acceptors (Lipinski definition) is 2. The van der Waals surface area contributed by atoms with Crippen molar-refractivity contribution in [2.24, 2.45) is 0 Å². The Hall–Kier alpha value is -0.980. The van der Waals surface area contributed by atoms with Gasteiger partial charge in [-0.2, -0.15) is 0 Å². The van der Waals surface area contributed by atoms with Crippen molar-refractivity contribution in [3.8, 4) is 0 Å². The molecular formula is C10H12O2P+. The van der Waals surface area contributed by atoms with Crippen LogP contribution in [0.2, 0.25) is 0 Å². The Balaban J connectivity index is 3.03. The Bertz CT molecular complexity index is 320. The summed E-state index contributed by atoms with van der Waals surface area (Å²) in [6, 6.07) is 7.53. The average molecular weight is 195 g/mol. The van der Waals surface area contributed by atoms with Crippen molar-refractivity contribution in [2.75, 3.05) is 7.11 Å². The van der Waals surface area contributed by atoms with Crippen molar-refractivity contribution in [1.29, 1.82) is 0 Å². The molecule has 0 saturated heterocycles. The Morgan fingerprint density at radius 2 is 2.23 bits per heavy atom. The lowest BCUT2D eigenvalue weighted by Gasteiger charge is -1.95. The molecule has 0 aliphatic carbocycles. The molecule has 0 heterocycles. The van der Waals surface area contributed by atoms with Crippen molar-refractivity contribution in [3.05, 3.63) is 42.5 Å². The lowest BCUT2D eigenvalue weighted by Crippen LogP contribution is -2.04. The zero-order valence-electron chi connectivity index (χ0n) is 7.56. The molecule has 0 N–H and O–H groups in total. The summed E-state index contributed by atoms with van der Waals surface area (Å²) in [7, 11) is -0.256. The first-order chi connectivity index (χ1) is 6.29. The fraction of sp³-hybridized carbons (Fsp3) is 0.200. The third kappa shape index (κ3) is 2.48. The van der Waals surface area contributed by atoms with E-state index in [0.29, 0.717) is 0 Å². The molecular weight excluding hydrogens is 183 g/mol. The second kappa shape index (κ2) is 4.90. The quantitative estimate of drug-likeness (QED) is 0.544. The van der Waals surface area contributed by atoms with Crippen LogP contribution in [-0.2, 0) is 15.5 Å². The second-order valence-electron chi connectivity index (χ2n) is 2.56. The molecule has 3 heteroatoms. The monoisotopic (exact) mass is 195 g/mol. The van der Waals surface area contributed by atoms with Crippen LogP contribution < -0.4 is 5.30 Å². The van der Waals surface area contributed by atoms with E-state index in [1.54, 1.807) is 6.08 Å². The molecule has 1 rings (SSSR count). The summed E-state index contributed by atoms with van der Waals surface area (Å²) in [6.45, 7) is 3.65. The van der Waals surface area contributed by atoms with Gasteiger partial charge in [0.15, 0.2) is 0 Å². The number of rotatable bonds is 4. The predicted molar refractivity (Wildman–Crippen MR) is 54.6 cm³/mol. The van der Waals surface area contributed by atoms with E-state index in [0.717, 1.165) is 17.3 Å². The van der Waals surface area contributed by atoms with Gasteiger partial charge in [0.05, 0.1) is 7.11 Å². The second-order valence-corrected chi connectivity index (χ2v) is 3.92. The molecule has 68 valence electrons. The first kappa shape index (κ1) is 10.1. The van der Waals surface area contributed by atoms with E-state index in [1.807, 2.05) is 24.3 Å². The van der Waals surface area contributed by atoms with E-state index in [4.69, 9.17) is 4.52 Å². The van der Waals surface area contributed by atoms with Gasteiger partial charge in [-0.3, -0.25) is 0 Å². The van der Waals surface area contributed by atoms with Crippen LogP contribution in [0.15, 0.2) is 36.9 Å². The molecule has 1 aromatic carbocycles. The average Bonchev–Trinajstić information content (AvgIpc) is 2.18. The fourth-order valence-corrected chi connectivity index (χ4v) is 1.92. The summed E-state index contributed by atoms with van der Waals surface area (Å²) >= 11 is 0. The minimum absolute atomic E-state index is 0.723. The number of benzene rings is 1. The molecule has 0 bridgehead atoms. The molecule has 0 fully saturated rings. The standard InChI is InChI=1S/C10H12O2P/c1-3-6-9-7-4-5-8-10(9)13(11)12-2/h3-5,7-8H,1,6H2,2H3/q+1. The van der Waals surface area contributed by atoms with Crippen LogP contribution in [0.4, 0.5) is 0 Å². The summed E-state index contributed by atoms with van der Waals surface area (Å²) in [5.41, 5.74) is 1.01. The van der Waals surface area contributed by atoms with Crippen molar-refractivity contribution in [2.45, 2.75) is 6.42 Å². The van der Waals surface area contributed by atoms with E-state index in [1.165, 1.54) is 7.11 Å². The molecule has 0 saturated carbocycles. The Labute approximate surface area is 79.1 Å². The van der Waals surface area contributed by atoms with Crippen molar-refractivity contribution < 1.29 is 9.09 Å². The SMILES string of the molecule is C=CCc1ccccc1[P+](=O)OC. The van der Waals surface area contributed by atoms with Crippen LogP contribution in [0.3, 0.4) is 0 Å². The van der Waals surface area contributed by atoms with Gasteiger partial charge in [0.25, 0.3) is 0 Å². The predicted octanol–water partition coefficient (Wildman–Crippen LogP) is 2.43. The van der Waals surface area contributed by atoms with Crippen molar-refractivity contribution >= 4 is 13.3 Å². The molecule has 0 radical (unpaired) electrons. The van der Waals surface area contributed by atoms with Gasteiger partial charge in [0.2, 0.25) is 5.30 Å². The van der Waals surface area contributed by atoms with Crippen LogP contribution >= 0.6 is 8.03 Å². The van der Waals surface area contributed by atoms with Crippen LogP contribution in [0.5, 0.6) is 0 Å². The highest BCUT2D eigenvalue weighted by atomic mass is 31.1. The maximum Gasteiger partial charge on any atom is 0.548 e. The zero-order chi connectivity index (χ0) is 9.68. The van der Waals surface area contributed by atoms with E-state index >= 15 is 0 Å². The number of allylic oxidation sites excluding steroid dienone is 1. The van der Waals surface area contributed by atoms with Gasteiger partial charge >= 0.3 is 8.03 Å². The van der Waals surface area contributed by atoms with Crippen molar-refractivity contribution in [1.82, 2.24) is 0 Å². The summed E-state index contributed by atoms with van der Waals surface area (Å²) in [5.74, 6) is 0. The smallest absolute Gasteiger partial charge is 0.145 e. The zero-order valence-corrected chi connectivity index (χ0v) is 8.46. The van der Waals surface area contributed by atoms with Crippen molar-refractivity contribution in [3.63, 3.8) is 0 Å². The van der Waals surface area contributed by atoms with E-state index in [9.17, 15) is 4.57 Å². The minimum atomic E-state index is -1.70. The molecule has 2 nitrogen and oxygen atoms in total. The highest BCUT2D eigenvalue weighted by Crippen LogP contribution is 2.21. The first-order valence-electron chi connectivity index (χ1n) is 3.99. The topological polar surface area (TPSA) is 26.3 Å². The molecule has 13 heavy (non-hydrogen) atoms. The first-order valence-corrected chi connectivity index (χ1v) is 5.17. The van der Waals surface area contributed by atoms with Crippen LogP contribution in [0.25, 0.3) is 0 Å². The highest BCUT2D eigenvalue weighted by Gasteiger charge is 2.22. The fourth-order valence-electron chi connectivity index (χ4n) is 1.12. The molecule has 0 amide bonds. The maximum atomic E-state index is 11.4. The van der Waals surface area contributed by atoms with Gasteiger partial charge < -0.3 is 0 Å². The van der Waals surface area contributed by atoms with Gasteiger partial charge in [-0.1, -0.05) is 24.3 Å². The largest absolute Gasteiger partial charge is 0.548 e. The lowest BCUT2D eigenvalue weighted by molar-refractivity contribution is 0.423. The summed E-state index contributed by atoms with van der Waals surface area (Å²) < 4.78 is 16.2. The minimum Gasteiger partial charge on any atom is -0.145 e. The Morgan fingerprint density at radius 1 is 1.54 bits per heavy atom. The Kier molecular flexibility index (Phi) is 3.81. The van der Waals surface area contributed by atoms with E-state index in [2.05, 4.69) is 6.58 Å². The highest BCUT2D eigenvalue weighted by molar-refractivity contribution is 7.48. The van der Waals surface area contributed by atoms with Crippen LogP contribution in [0, 0.1) is 0 Å². The van der Waals surface area contributed by atoms with Gasteiger partial charge in [0, 0.05) is 5.56 Å². The molecule has 0 aliphatic heterocycles. The van der Waals surface area contributed by atoms with E-state index < -0.39 is 8.03 Å². The van der Waals surface area contributed by atoms with Gasteiger partial charge in [-0.25, -0.2) is 0 Å². The van der Waals surface area contributed by atoms with Gasteiger partial charge in [-0.05, 0) is 17.1 Å². The van der Waals surface area contributed by atoms with Crippen LogP contribution in [-0.4, -0.2) is 7.11 Å². The molecule has 1 atom stereocenters. The van der Waals surface area contributed by atoms with Crippen LogP contribution in [0.1, 0.15) is 5.56 Å². The van der Waals surface area contributed by atoms with Gasteiger partial charge in [-0.15, -0.1) is 11.1 Å². The third-order valence-electron chi connectivity index (χ3n) is 1.72. The normalized spacial score (nSPS) is 11.0. The lowest BCUT2D eigenvalue weighted by atomic mass is 10.1. The summed E-state index contributed by atoms with van der Waals surface area (Å²) in [6.07, 6.45) is 2.51. The molecule has 1 unspecified atom stereocenters. The van der Waals surface area contributed by atoms with Gasteiger partial charge in [0.1, 0.15) is 0 Å². The Morgan fingerprint density at radius 3 is 2.85 bits per heavy atom. The maximum absolute atomic E-state index is 11.4. The van der Waals surface area contributed by atoms with E-state index in [-0.39, 0.29) is 0 Å². The number of hydrogen-bond donors (Lipinski definition) is 0. The molecule has 1 aromatic rings. The molecule has 0 aliphatic rings. The molecule has 0 aromatic heterocycles. The molecule has 0 spiro atoms.